The molecule has 0 radical (unpaired) electrons. The molecule has 0 N–H and O–H groups in total. The molecule has 1 saturated carbocycles. The third-order valence-electron chi connectivity index (χ3n) is 5.34. The first-order valence-electron chi connectivity index (χ1n) is 9.83. The van der Waals surface area contributed by atoms with Gasteiger partial charge in [0.05, 0.1) is 11.7 Å². The van der Waals surface area contributed by atoms with Gasteiger partial charge in [0.1, 0.15) is 10.6 Å². The maximum Gasteiger partial charge on any atom is 0.268 e. The first-order chi connectivity index (χ1) is 13.6. The van der Waals surface area contributed by atoms with Gasteiger partial charge in [-0.2, -0.15) is 5.10 Å². The Morgan fingerprint density at radius 3 is 2.21 bits per heavy atom. The predicted molar refractivity (Wildman–Crippen MR) is 112 cm³/mol. The molecule has 4 rings (SSSR count). The Labute approximate surface area is 166 Å². The summed E-state index contributed by atoms with van der Waals surface area (Å²) in [6.45, 7) is 2.21. The molecular weight excluding hydrogens is 370 g/mol. The summed E-state index contributed by atoms with van der Waals surface area (Å²) in [5.41, 5.74) is 2.02. The van der Waals surface area contributed by atoms with Gasteiger partial charge in [-0.3, -0.25) is 8.99 Å². The molecule has 1 aliphatic rings. The Morgan fingerprint density at radius 1 is 1.00 bits per heavy atom. The smallest absolute Gasteiger partial charge is 0.268 e. The van der Waals surface area contributed by atoms with Crippen molar-refractivity contribution in [3.05, 3.63) is 66.9 Å². The van der Waals surface area contributed by atoms with Crippen molar-refractivity contribution >= 4 is 15.7 Å². The number of hydrogen-bond donors (Lipinski definition) is 0. The standard InChI is InChI=1S/C22H25N3O2S/c1-2-25(20-15-7-4-8-16-20)28(26,27)21-17-24(19-13-9-10-14-19)23-22(21)18-11-5-3-6-12-18/h3-8,11-12,15-17,19H,2,9-10,13-14H2,1H3. The zero-order valence-electron chi connectivity index (χ0n) is 16.0. The van der Waals surface area contributed by atoms with Crippen LogP contribution in [0.5, 0.6) is 0 Å². The second-order valence-corrected chi connectivity index (χ2v) is 8.96. The number of nitrogens with zero attached hydrogens (tertiary/aromatic N) is 3. The number of anilines is 1. The van der Waals surface area contributed by atoms with Crippen molar-refractivity contribution < 1.29 is 8.42 Å². The van der Waals surface area contributed by atoms with Crippen molar-refractivity contribution in [2.75, 3.05) is 10.8 Å². The SMILES string of the molecule is CCN(c1ccccc1)S(=O)(=O)c1cn(C2CCCC2)nc1-c1ccccc1. The number of rotatable bonds is 6. The van der Waals surface area contributed by atoms with Crippen LogP contribution in [-0.4, -0.2) is 24.7 Å². The van der Waals surface area contributed by atoms with Crippen molar-refractivity contribution in [2.24, 2.45) is 0 Å². The van der Waals surface area contributed by atoms with E-state index in [1.54, 1.807) is 6.20 Å². The lowest BCUT2D eigenvalue weighted by Gasteiger charge is -2.22. The minimum atomic E-state index is -3.74. The van der Waals surface area contributed by atoms with Gasteiger partial charge in [-0.15, -0.1) is 0 Å². The summed E-state index contributed by atoms with van der Waals surface area (Å²) in [6, 6.07) is 19.1. The predicted octanol–water partition coefficient (Wildman–Crippen LogP) is 4.88. The number of para-hydroxylation sites is 1. The fraction of sp³-hybridized carbons (Fsp3) is 0.318. The topological polar surface area (TPSA) is 55.2 Å². The summed E-state index contributed by atoms with van der Waals surface area (Å²) >= 11 is 0. The van der Waals surface area contributed by atoms with Crippen LogP contribution in [0.3, 0.4) is 0 Å². The van der Waals surface area contributed by atoms with Crippen LogP contribution < -0.4 is 4.31 Å². The zero-order chi connectivity index (χ0) is 19.6. The number of hydrogen-bond acceptors (Lipinski definition) is 3. The van der Waals surface area contributed by atoms with Gasteiger partial charge in [0, 0.05) is 18.3 Å². The number of aromatic nitrogens is 2. The monoisotopic (exact) mass is 395 g/mol. The van der Waals surface area contributed by atoms with Gasteiger partial charge < -0.3 is 0 Å². The van der Waals surface area contributed by atoms with E-state index in [4.69, 9.17) is 5.10 Å². The molecule has 2 aromatic carbocycles. The quantitative estimate of drug-likeness (QED) is 0.598. The Bertz CT molecular complexity index is 1020. The van der Waals surface area contributed by atoms with Crippen LogP contribution in [0.2, 0.25) is 0 Å². The molecule has 1 heterocycles. The average molecular weight is 396 g/mol. The highest BCUT2D eigenvalue weighted by molar-refractivity contribution is 7.93. The van der Waals surface area contributed by atoms with E-state index >= 15 is 0 Å². The van der Waals surface area contributed by atoms with Crippen LogP contribution in [0.1, 0.15) is 38.6 Å². The summed E-state index contributed by atoms with van der Waals surface area (Å²) in [7, 11) is -3.74. The minimum absolute atomic E-state index is 0.274. The Balaban J connectivity index is 1.85. The molecule has 146 valence electrons. The molecule has 0 atom stereocenters. The van der Waals surface area contributed by atoms with E-state index in [1.807, 2.05) is 72.3 Å². The molecule has 1 aliphatic carbocycles. The normalized spacial score (nSPS) is 15.0. The second kappa shape index (κ2) is 7.80. The molecule has 0 amide bonds. The van der Waals surface area contributed by atoms with Crippen molar-refractivity contribution in [1.82, 2.24) is 9.78 Å². The average Bonchev–Trinajstić information content (AvgIpc) is 3.40. The van der Waals surface area contributed by atoms with E-state index in [-0.39, 0.29) is 10.9 Å². The van der Waals surface area contributed by atoms with Crippen molar-refractivity contribution in [3.8, 4) is 11.3 Å². The van der Waals surface area contributed by atoms with Crippen LogP contribution in [0, 0.1) is 0 Å². The summed E-state index contributed by atoms with van der Waals surface area (Å²) < 4.78 is 30.6. The van der Waals surface area contributed by atoms with Gasteiger partial charge in [0.25, 0.3) is 10.0 Å². The van der Waals surface area contributed by atoms with Gasteiger partial charge in [0.2, 0.25) is 0 Å². The molecule has 0 bridgehead atoms. The van der Waals surface area contributed by atoms with Crippen LogP contribution in [0.25, 0.3) is 11.3 Å². The van der Waals surface area contributed by atoms with Crippen molar-refractivity contribution in [2.45, 2.75) is 43.5 Å². The third-order valence-corrected chi connectivity index (χ3v) is 7.25. The largest absolute Gasteiger partial charge is 0.268 e. The summed E-state index contributed by atoms with van der Waals surface area (Å²) in [4.78, 5) is 0.274. The molecule has 3 aromatic rings. The fourth-order valence-electron chi connectivity index (χ4n) is 3.92. The molecule has 0 spiro atoms. The van der Waals surface area contributed by atoms with Crippen molar-refractivity contribution in [3.63, 3.8) is 0 Å². The molecule has 0 unspecified atom stereocenters. The molecule has 1 aromatic heterocycles. The summed E-state index contributed by atoms with van der Waals surface area (Å²) in [6.07, 6.45) is 6.16. The van der Waals surface area contributed by atoms with Gasteiger partial charge in [-0.1, -0.05) is 61.4 Å². The molecule has 0 aliphatic heterocycles. The lowest BCUT2D eigenvalue weighted by atomic mass is 10.2. The van der Waals surface area contributed by atoms with Gasteiger partial charge in [0.15, 0.2) is 0 Å². The van der Waals surface area contributed by atoms with Gasteiger partial charge in [-0.05, 0) is 31.9 Å². The zero-order valence-corrected chi connectivity index (χ0v) is 16.8. The maximum atomic E-state index is 13.7. The van der Waals surface area contributed by atoms with Crippen LogP contribution >= 0.6 is 0 Å². The summed E-state index contributed by atoms with van der Waals surface area (Å²) in [5.74, 6) is 0. The van der Waals surface area contributed by atoms with Crippen LogP contribution in [-0.2, 0) is 10.0 Å². The molecule has 6 heteroatoms. The Kier molecular flexibility index (Phi) is 5.22. The molecule has 5 nitrogen and oxygen atoms in total. The van der Waals surface area contributed by atoms with E-state index in [0.717, 1.165) is 18.4 Å². The van der Waals surface area contributed by atoms with E-state index in [9.17, 15) is 8.42 Å². The highest BCUT2D eigenvalue weighted by Gasteiger charge is 2.31. The lowest BCUT2D eigenvalue weighted by molar-refractivity contribution is 0.467. The first-order valence-corrected chi connectivity index (χ1v) is 11.3. The first kappa shape index (κ1) is 18.7. The van der Waals surface area contributed by atoms with E-state index in [2.05, 4.69) is 0 Å². The molecule has 0 saturated heterocycles. The van der Waals surface area contributed by atoms with E-state index in [1.165, 1.54) is 17.1 Å². The van der Waals surface area contributed by atoms with Gasteiger partial charge in [-0.25, -0.2) is 8.42 Å². The fourth-order valence-corrected chi connectivity index (χ4v) is 5.54. The highest BCUT2D eigenvalue weighted by atomic mass is 32.2. The van der Waals surface area contributed by atoms with E-state index in [0.29, 0.717) is 17.9 Å². The maximum absolute atomic E-state index is 13.7. The molecular formula is C22H25N3O2S. The molecule has 1 fully saturated rings. The highest BCUT2D eigenvalue weighted by Crippen LogP contribution is 2.35. The Morgan fingerprint density at radius 2 is 1.61 bits per heavy atom. The minimum Gasteiger partial charge on any atom is -0.268 e. The lowest BCUT2D eigenvalue weighted by Crippen LogP contribution is -2.30. The number of benzene rings is 2. The second-order valence-electron chi connectivity index (χ2n) is 7.13. The van der Waals surface area contributed by atoms with E-state index < -0.39 is 10.0 Å². The van der Waals surface area contributed by atoms with Crippen LogP contribution in [0.4, 0.5) is 5.69 Å². The summed E-state index contributed by atoms with van der Waals surface area (Å²) in [5, 5.41) is 4.75. The number of sulfonamides is 1. The van der Waals surface area contributed by atoms with Gasteiger partial charge >= 0.3 is 0 Å². The Hall–Kier alpha value is -2.60. The molecule has 28 heavy (non-hydrogen) atoms. The third kappa shape index (κ3) is 3.44. The van der Waals surface area contributed by atoms with Crippen LogP contribution in [0.15, 0.2) is 71.8 Å². The van der Waals surface area contributed by atoms with Crippen molar-refractivity contribution in [1.29, 1.82) is 0 Å².